The van der Waals surface area contributed by atoms with E-state index < -0.39 is 0 Å². The lowest BCUT2D eigenvalue weighted by Crippen LogP contribution is -2.19. The molecule has 0 amide bonds. The molecule has 0 saturated heterocycles. The topological polar surface area (TPSA) is 55.9 Å². The summed E-state index contributed by atoms with van der Waals surface area (Å²) in [6.45, 7) is 2.04. The molecule has 0 saturated carbocycles. The minimum absolute atomic E-state index is 0.553. The first-order valence-electron chi connectivity index (χ1n) is 7.29. The van der Waals surface area contributed by atoms with Gasteiger partial charge in [-0.05, 0) is 30.3 Å². The van der Waals surface area contributed by atoms with Crippen molar-refractivity contribution in [3.8, 4) is 11.3 Å². The molecule has 24 heavy (non-hydrogen) atoms. The summed E-state index contributed by atoms with van der Waals surface area (Å²) in [6.07, 6.45) is 0.789. The van der Waals surface area contributed by atoms with Crippen molar-refractivity contribution < 1.29 is 4.42 Å². The van der Waals surface area contributed by atoms with E-state index in [-0.39, 0.29) is 0 Å². The second kappa shape index (κ2) is 6.20. The second-order valence-corrected chi connectivity index (χ2v) is 6.82. The fourth-order valence-electron chi connectivity index (χ4n) is 2.41. The highest BCUT2D eigenvalue weighted by atomic mass is 35.5. The molecule has 0 fully saturated rings. The molecule has 0 bridgehead atoms. The number of halogens is 2. The van der Waals surface area contributed by atoms with Crippen molar-refractivity contribution in [3.63, 3.8) is 0 Å². The quantitative estimate of drug-likeness (QED) is 0.690. The number of aryl methyl sites for hydroxylation is 1. The van der Waals surface area contributed by atoms with Gasteiger partial charge in [0, 0.05) is 22.4 Å². The lowest BCUT2D eigenvalue weighted by Gasteiger charge is -2.17. The summed E-state index contributed by atoms with van der Waals surface area (Å²) in [5.74, 6) is 2.27. The minimum atomic E-state index is 0.553. The monoisotopic (exact) mass is 378 g/mol. The van der Waals surface area contributed by atoms with E-state index >= 15 is 0 Å². The number of hydrogen-bond acceptors (Lipinski definition) is 5. The van der Waals surface area contributed by atoms with Crippen LogP contribution in [0.3, 0.4) is 0 Å². The summed E-state index contributed by atoms with van der Waals surface area (Å²) >= 11 is 13.7. The summed E-state index contributed by atoms with van der Waals surface area (Å²) in [5, 5.41) is 12.2. The van der Waals surface area contributed by atoms with E-state index in [0.29, 0.717) is 21.6 Å². The summed E-state index contributed by atoms with van der Waals surface area (Å²) < 4.78 is 7.84. The molecule has 3 aromatic rings. The zero-order chi connectivity index (χ0) is 16.7. The maximum atomic E-state index is 6.25. The van der Waals surface area contributed by atoms with Crippen molar-refractivity contribution in [2.24, 2.45) is 0 Å². The van der Waals surface area contributed by atoms with E-state index in [1.165, 1.54) is 11.8 Å². The lowest BCUT2D eigenvalue weighted by molar-refractivity contribution is 0.564. The third kappa shape index (κ3) is 2.70. The molecular weight excluding hydrogens is 367 g/mol. The number of rotatable bonds is 3. The number of thioether (sulfide) groups is 1. The Morgan fingerprint density at radius 3 is 2.79 bits per heavy atom. The fraction of sp³-hybridized carbons (Fsp3) is 0.125. The Labute approximate surface area is 152 Å². The molecule has 0 atom stereocenters. The predicted octanol–water partition coefficient (Wildman–Crippen LogP) is 5.06. The first-order valence-corrected chi connectivity index (χ1v) is 8.93. The van der Waals surface area contributed by atoms with Crippen LogP contribution in [0.1, 0.15) is 18.5 Å². The molecule has 0 unspecified atom stereocenters. The van der Waals surface area contributed by atoms with Crippen LogP contribution in [0.4, 0.5) is 0 Å². The number of fused-ring (bicyclic) bond motifs is 1. The van der Waals surface area contributed by atoms with Crippen molar-refractivity contribution in [3.05, 3.63) is 57.4 Å². The van der Waals surface area contributed by atoms with Gasteiger partial charge in [-0.1, -0.05) is 41.9 Å². The molecule has 8 heteroatoms. The summed E-state index contributed by atoms with van der Waals surface area (Å²) in [5.41, 5.74) is 4.93. The van der Waals surface area contributed by atoms with E-state index in [1.807, 2.05) is 35.2 Å². The fourth-order valence-corrected chi connectivity index (χ4v) is 3.64. The number of furan rings is 1. The normalized spacial score (nSPS) is 13.4. The highest BCUT2D eigenvalue weighted by Gasteiger charge is 2.19. The number of hydrogen-bond donors (Lipinski definition) is 1. The molecule has 0 spiro atoms. The molecule has 1 aliphatic rings. The Morgan fingerprint density at radius 2 is 2.00 bits per heavy atom. The SMILES string of the molecule is CCc1nnc2n1NC(c1ccc(-c3ccc(Cl)cc3Cl)o1)=CS2. The molecule has 3 heterocycles. The van der Waals surface area contributed by atoms with Gasteiger partial charge in [-0.3, -0.25) is 5.43 Å². The van der Waals surface area contributed by atoms with Gasteiger partial charge in [-0.15, -0.1) is 10.2 Å². The largest absolute Gasteiger partial charge is 0.454 e. The molecule has 4 rings (SSSR count). The Balaban J connectivity index is 1.65. The predicted molar refractivity (Wildman–Crippen MR) is 96.8 cm³/mol. The van der Waals surface area contributed by atoms with Crippen LogP contribution in [-0.4, -0.2) is 14.9 Å². The van der Waals surface area contributed by atoms with Crippen LogP contribution in [0.15, 0.2) is 45.3 Å². The molecule has 0 aliphatic carbocycles. The van der Waals surface area contributed by atoms with Gasteiger partial charge in [0.05, 0.1) is 5.02 Å². The number of benzene rings is 1. The number of nitrogens with zero attached hydrogens (tertiary/aromatic N) is 3. The third-order valence-electron chi connectivity index (χ3n) is 3.60. The lowest BCUT2D eigenvalue weighted by atomic mass is 10.2. The van der Waals surface area contributed by atoms with Crippen molar-refractivity contribution in [2.75, 3.05) is 5.43 Å². The standard InChI is InChI=1S/C16H12Cl2N4OS/c1-2-15-19-20-16-22(15)21-12(8-24-16)14-6-5-13(23-14)10-4-3-9(17)7-11(10)18/h3-8,21H,2H2,1H3. The number of aromatic nitrogens is 3. The van der Waals surface area contributed by atoms with Crippen LogP contribution in [0.25, 0.3) is 17.0 Å². The second-order valence-electron chi connectivity index (χ2n) is 5.14. The van der Waals surface area contributed by atoms with Gasteiger partial charge in [0.25, 0.3) is 0 Å². The van der Waals surface area contributed by atoms with Crippen molar-refractivity contribution >= 4 is 40.7 Å². The summed E-state index contributed by atoms with van der Waals surface area (Å²) in [4.78, 5) is 0. The average Bonchev–Trinajstić information content (AvgIpc) is 3.21. The van der Waals surface area contributed by atoms with E-state index in [2.05, 4.69) is 15.6 Å². The van der Waals surface area contributed by atoms with Crippen LogP contribution in [0.5, 0.6) is 0 Å². The highest BCUT2D eigenvalue weighted by molar-refractivity contribution is 8.02. The molecule has 122 valence electrons. The van der Waals surface area contributed by atoms with E-state index in [1.54, 1.807) is 12.1 Å². The Bertz CT molecular complexity index is 947. The van der Waals surface area contributed by atoms with Crippen LogP contribution >= 0.6 is 35.0 Å². The van der Waals surface area contributed by atoms with Crippen molar-refractivity contribution in [1.29, 1.82) is 0 Å². The first kappa shape index (κ1) is 15.6. The van der Waals surface area contributed by atoms with E-state index in [0.717, 1.165) is 28.7 Å². The Kier molecular flexibility index (Phi) is 4.04. The van der Waals surface area contributed by atoms with Gasteiger partial charge < -0.3 is 4.42 Å². The van der Waals surface area contributed by atoms with Crippen LogP contribution < -0.4 is 5.43 Å². The zero-order valence-electron chi connectivity index (χ0n) is 12.6. The molecule has 1 aromatic carbocycles. The molecule has 2 aromatic heterocycles. The zero-order valence-corrected chi connectivity index (χ0v) is 14.9. The first-order chi connectivity index (χ1) is 11.7. The molecular formula is C16H12Cl2N4OS. The molecule has 1 aliphatic heterocycles. The smallest absolute Gasteiger partial charge is 0.214 e. The third-order valence-corrected chi connectivity index (χ3v) is 4.98. The van der Waals surface area contributed by atoms with Gasteiger partial charge in [-0.25, -0.2) is 4.68 Å². The number of nitrogens with one attached hydrogen (secondary N) is 1. The van der Waals surface area contributed by atoms with E-state index in [9.17, 15) is 0 Å². The maximum absolute atomic E-state index is 6.25. The van der Waals surface area contributed by atoms with Gasteiger partial charge in [0.15, 0.2) is 11.6 Å². The minimum Gasteiger partial charge on any atom is -0.454 e. The van der Waals surface area contributed by atoms with Crippen molar-refractivity contribution in [2.45, 2.75) is 18.5 Å². The van der Waals surface area contributed by atoms with E-state index in [4.69, 9.17) is 27.6 Å². The molecule has 0 radical (unpaired) electrons. The Hall–Kier alpha value is -1.89. The van der Waals surface area contributed by atoms with Crippen LogP contribution in [-0.2, 0) is 6.42 Å². The van der Waals surface area contributed by atoms with Gasteiger partial charge >= 0.3 is 0 Å². The molecule has 5 nitrogen and oxygen atoms in total. The average molecular weight is 379 g/mol. The summed E-state index contributed by atoms with van der Waals surface area (Å²) in [7, 11) is 0. The van der Waals surface area contributed by atoms with Crippen LogP contribution in [0, 0.1) is 0 Å². The highest BCUT2D eigenvalue weighted by Crippen LogP contribution is 2.34. The van der Waals surface area contributed by atoms with Gasteiger partial charge in [-0.2, -0.15) is 0 Å². The van der Waals surface area contributed by atoms with Gasteiger partial charge in [0.1, 0.15) is 11.5 Å². The van der Waals surface area contributed by atoms with Gasteiger partial charge in [0.2, 0.25) is 5.16 Å². The van der Waals surface area contributed by atoms with Crippen molar-refractivity contribution in [1.82, 2.24) is 14.9 Å². The Morgan fingerprint density at radius 1 is 1.17 bits per heavy atom. The summed E-state index contributed by atoms with van der Waals surface area (Å²) in [6, 6.07) is 9.12. The molecule has 1 N–H and O–H groups in total. The van der Waals surface area contributed by atoms with Crippen LogP contribution in [0.2, 0.25) is 10.0 Å². The maximum Gasteiger partial charge on any atom is 0.214 e.